The van der Waals surface area contributed by atoms with Crippen LogP contribution in [-0.2, 0) is 16.0 Å². The molecule has 1 aromatic rings. The lowest BCUT2D eigenvalue weighted by atomic mass is 10.0. The van der Waals surface area contributed by atoms with Crippen LogP contribution in [0.2, 0.25) is 0 Å². The lowest BCUT2D eigenvalue weighted by Gasteiger charge is -2.05. The number of ether oxygens (including phenoxy) is 1. The van der Waals surface area contributed by atoms with Gasteiger partial charge in [0, 0.05) is 5.56 Å². The molecule has 0 aliphatic rings. The third-order valence-corrected chi connectivity index (χ3v) is 2.43. The van der Waals surface area contributed by atoms with Crippen LogP contribution < -0.4 is 0 Å². The molecule has 1 atom stereocenters. The summed E-state index contributed by atoms with van der Waals surface area (Å²) in [5, 5.41) is 0. The van der Waals surface area contributed by atoms with E-state index in [9.17, 15) is 4.79 Å². The van der Waals surface area contributed by atoms with Crippen LogP contribution in [0.15, 0.2) is 36.9 Å². The molecule has 0 saturated heterocycles. The molecule has 3 heteroatoms. The smallest absolute Gasteiger partial charge is 0.322 e. The van der Waals surface area contributed by atoms with Gasteiger partial charge in [0.15, 0.2) is 6.10 Å². The van der Waals surface area contributed by atoms with Gasteiger partial charge in [-0.15, -0.1) is 18.2 Å². The van der Waals surface area contributed by atoms with E-state index in [4.69, 9.17) is 16.3 Å². The topological polar surface area (TPSA) is 26.3 Å². The second-order valence-electron chi connectivity index (χ2n) is 3.69. The summed E-state index contributed by atoms with van der Waals surface area (Å²) in [7, 11) is 0. The average molecular weight is 263 g/mol. The normalized spacial score (nSPS) is 11.0. The highest BCUT2D eigenvalue weighted by atomic mass is 35.5. The molecule has 0 bridgehead atoms. The molecule has 2 nitrogen and oxygen atoms in total. The molecule has 0 amide bonds. The molecular weight excluding hydrogens is 248 g/mol. The SMILES string of the molecule is C=CCc1ccccc1C#CC(C)OC(=O)CCl. The highest BCUT2D eigenvalue weighted by molar-refractivity contribution is 6.26. The minimum absolute atomic E-state index is 0.154. The molecule has 0 heterocycles. The summed E-state index contributed by atoms with van der Waals surface area (Å²) in [5.74, 6) is 5.27. The molecular formula is C15H15ClO2. The van der Waals surface area contributed by atoms with Crippen LogP contribution in [-0.4, -0.2) is 18.0 Å². The Balaban J connectivity index is 2.78. The van der Waals surface area contributed by atoms with E-state index in [1.54, 1.807) is 6.92 Å². The van der Waals surface area contributed by atoms with Crippen molar-refractivity contribution < 1.29 is 9.53 Å². The Morgan fingerprint density at radius 1 is 1.56 bits per heavy atom. The van der Waals surface area contributed by atoms with Crippen LogP contribution in [0.1, 0.15) is 18.1 Å². The van der Waals surface area contributed by atoms with Crippen LogP contribution >= 0.6 is 11.6 Å². The van der Waals surface area contributed by atoms with Crippen molar-refractivity contribution in [1.29, 1.82) is 0 Å². The number of hydrogen-bond acceptors (Lipinski definition) is 2. The Bertz CT molecular complexity index is 483. The van der Waals surface area contributed by atoms with Crippen molar-refractivity contribution in [3.05, 3.63) is 48.0 Å². The summed E-state index contributed by atoms with van der Waals surface area (Å²) in [5.41, 5.74) is 2.03. The summed E-state index contributed by atoms with van der Waals surface area (Å²) in [4.78, 5) is 11.0. The first-order valence-corrected chi connectivity index (χ1v) is 6.16. The second kappa shape index (κ2) is 7.58. The number of allylic oxidation sites excluding steroid dienone is 1. The summed E-state index contributed by atoms with van der Waals surface area (Å²) < 4.78 is 4.96. The fraction of sp³-hybridized carbons (Fsp3) is 0.267. The van der Waals surface area contributed by atoms with Gasteiger partial charge in [-0.1, -0.05) is 36.1 Å². The number of alkyl halides is 1. The molecule has 0 radical (unpaired) electrons. The number of rotatable bonds is 4. The van der Waals surface area contributed by atoms with Crippen LogP contribution in [0.5, 0.6) is 0 Å². The van der Waals surface area contributed by atoms with E-state index in [0.717, 1.165) is 17.5 Å². The minimum atomic E-state index is -0.465. The van der Waals surface area contributed by atoms with E-state index in [0.29, 0.717) is 0 Å². The molecule has 0 N–H and O–H groups in total. The van der Waals surface area contributed by atoms with Crippen molar-refractivity contribution in [2.24, 2.45) is 0 Å². The Morgan fingerprint density at radius 2 is 2.28 bits per heavy atom. The van der Waals surface area contributed by atoms with Crippen molar-refractivity contribution in [2.75, 3.05) is 5.88 Å². The first-order chi connectivity index (χ1) is 8.67. The zero-order valence-corrected chi connectivity index (χ0v) is 11.0. The van der Waals surface area contributed by atoms with E-state index in [2.05, 4.69) is 18.4 Å². The molecule has 94 valence electrons. The average Bonchev–Trinajstić information content (AvgIpc) is 2.38. The number of halogens is 1. The first kappa shape index (κ1) is 14.3. The van der Waals surface area contributed by atoms with Crippen molar-refractivity contribution in [3.63, 3.8) is 0 Å². The zero-order chi connectivity index (χ0) is 13.4. The monoisotopic (exact) mass is 262 g/mol. The van der Waals surface area contributed by atoms with Crippen LogP contribution in [0.3, 0.4) is 0 Å². The molecule has 18 heavy (non-hydrogen) atoms. The van der Waals surface area contributed by atoms with Crippen molar-refractivity contribution in [2.45, 2.75) is 19.4 Å². The lowest BCUT2D eigenvalue weighted by molar-refractivity contribution is -0.142. The molecule has 0 aromatic heterocycles. The van der Waals surface area contributed by atoms with Crippen molar-refractivity contribution in [3.8, 4) is 11.8 Å². The Labute approximate surface area is 113 Å². The Kier molecular flexibility index (Phi) is 6.04. The van der Waals surface area contributed by atoms with Gasteiger partial charge >= 0.3 is 5.97 Å². The molecule has 0 aliphatic heterocycles. The number of carbonyl (C=O) groups is 1. The van der Waals surface area contributed by atoms with E-state index < -0.39 is 12.1 Å². The number of carbonyl (C=O) groups excluding carboxylic acids is 1. The van der Waals surface area contributed by atoms with Gasteiger partial charge in [0.2, 0.25) is 0 Å². The first-order valence-electron chi connectivity index (χ1n) is 5.63. The Morgan fingerprint density at radius 3 is 2.94 bits per heavy atom. The summed E-state index contributed by atoms with van der Waals surface area (Å²) in [6.45, 7) is 5.43. The van der Waals surface area contributed by atoms with Gasteiger partial charge in [0.25, 0.3) is 0 Å². The van der Waals surface area contributed by atoms with E-state index in [1.165, 1.54) is 0 Å². The van der Waals surface area contributed by atoms with Gasteiger partial charge in [0.1, 0.15) is 5.88 Å². The highest BCUT2D eigenvalue weighted by Gasteiger charge is 2.04. The number of hydrogen-bond donors (Lipinski definition) is 0. The van der Waals surface area contributed by atoms with E-state index >= 15 is 0 Å². The van der Waals surface area contributed by atoms with Gasteiger partial charge < -0.3 is 4.74 Å². The van der Waals surface area contributed by atoms with Gasteiger partial charge in [0.05, 0.1) is 0 Å². The minimum Gasteiger partial charge on any atom is -0.449 e. The van der Waals surface area contributed by atoms with Crippen molar-refractivity contribution >= 4 is 17.6 Å². The third kappa shape index (κ3) is 4.65. The quantitative estimate of drug-likeness (QED) is 0.361. The molecule has 0 aliphatic carbocycles. The third-order valence-electron chi connectivity index (χ3n) is 2.21. The fourth-order valence-corrected chi connectivity index (χ4v) is 1.48. The van der Waals surface area contributed by atoms with E-state index in [1.807, 2.05) is 30.3 Å². The molecule has 1 unspecified atom stereocenters. The maximum Gasteiger partial charge on any atom is 0.322 e. The maximum absolute atomic E-state index is 11.0. The molecule has 0 saturated carbocycles. The predicted molar refractivity (Wildman–Crippen MR) is 73.5 cm³/mol. The predicted octanol–water partition coefficient (Wildman–Crippen LogP) is 2.94. The van der Waals surface area contributed by atoms with Gasteiger partial charge in [-0.25, -0.2) is 0 Å². The summed E-state index contributed by atoms with van der Waals surface area (Å²) >= 11 is 5.35. The number of benzene rings is 1. The van der Waals surface area contributed by atoms with Crippen molar-refractivity contribution in [1.82, 2.24) is 0 Å². The lowest BCUT2D eigenvalue weighted by Crippen LogP contribution is -2.13. The Hall–Kier alpha value is -1.72. The largest absolute Gasteiger partial charge is 0.449 e. The van der Waals surface area contributed by atoms with Crippen LogP contribution in [0, 0.1) is 11.8 Å². The summed E-state index contributed by atoms with van der Waals surface area (Å²) in [6, 6.07) is 7.82. The molecule has 1 rings (SSSR count). The fourth-order valence-electron chi connectivity index (χ4n) is 1.41. The molecule has 0 spiro atoms. The highest BCUT2D eigenvalue weighted by Crippen LogP contribution is 2.08. The zero-order valence-electron chi connectivity index (χ0n) is 10.3. The maximum atomic E-state index is 11.0. The van der Waals surface area contributed by atoms with Gasteiger partial charge in [-0.2, -0.15) is 0 Å². The standard InChI is InChI=1S/C15H15ClO2/c1-3-6-13-7-4-5-8-14(13)10-9-12(2)18-15(17)11-16/h3-5,7-8,12H,1,6,11H2,2H3. The van der Waals surface area contributed by atoms with Crippen LogP contribution in [0.4, 0.5) is 0 Å². The summed E-state index contributed by atoms with van der Waals surface area (Å²) in [6.07, 6.45) is 2.13. The van der Waals surface area contributed by atoms with Gasteiger partial charge in [-0.05, 0) is 25.0 Å². The van der Waals surface area contributed by atoms with Crippen LogP contribution in [0.25, 0.3) is 0 Å². The number of esters is 1. The van der Waals surface area contributed by atoms with Gasteiger partial charge in [-0.3, -0.25) is 4.79 Å². The van der Waals surface area contributed by atoms with E-state index in [-0.39, 0.29) is 5.88 Å². The second-order valence-corrected chi connectivity index (χ2v) is 3.95. The molecule has 1 aromatic carbocycles. The molecule has 0 fully saturated rings.